The minimum absolute atomic E-state index is 0.495. The second-order valence-electron chi connectivity index (χ2n) is 3.74. The van der Waals surface area contributed by atoms with Crippen molar-refractivity contribution in [3.8, 4) is 0 Å². The van der Waals surface area contributed by atoms with E-state index in [-0.39, 0.29) is 0 Å². The molecule has 1 N–H and O–H groups in total. The van der Waals surface area contributed by atoms with Crippen LogP contribution in [0.3, 0.4) is 0 Å². The van der Waals surface area contributed by atoms with Crippen LogP contribution >= 0.6 is 22.9 Å². The van der Waals surface area contributed by atoms with Crippen molar-refractivity contribution in [2.45, 2.75) is 38.3 Å². The maximum atomic E-state index is 3.23. The van der Waals surface area contributed by atoms with Gasteiger partial charge >= 0.3 is 0 Å². The Morgan fingerprint density at radius 1 is 1.55 bits per heavy atom. The predicted octanol–water partition coefficient (Wildman–Crippen LogP) is 1.80. The minimum atomic E-state index is 0.495. The first-order chi connectivity index (χ1) is 5.12. The molecule has 3 heteroatoms. The highest BCUT2D eigenvalue weighted by Crippen LogP contribution is 2.41. The quantitative estimate of drug-likeness (QED) is 0.618. The Balaban J connectivity index is 2.44. The molecule has 66 valence electrons. The van der Waals surface area contributed by atoms with Gasteiger partial charge in [-0.05, 0) is 33.7 Å². The topological polar surface area (TPSA) is 15.3 Å². The summed E-state index contributed by atoms with van der Waals surface area (Å²) in [6, 6.07) is 0.669. The van der Waals surface area contributed by atoms with E-state index >= 15 is 0 Å². The fraction of sp³-hybridized carbons (Fsp3) is 1.00. The van der Waals surface area contributed by atoms with Crippen LogP contribution < -0.4 is 3.53 Å². The van der Waals surface area contributed by atoms with Crippen molar-refractivity contribution in [3.63, 3.8) is 0 Å². The van der Waals surface area contributed by atoms with Crippen LogP contribution in [0.5, 0.6) is 0 Å². The zero-order valence-electron chi connectivity index (χ0n) is 7.52. The molecule has 0 atom stereocenters. The molecule has 11 heavy (non-hydrogen) atoms. The normalized spacial score (nSPS) is 21.3. The summed E-state index contributed by atoms with van der Waals surface area (Å²) in [5.74, 6) is 0. The third-order valence-electron chi connectivity index (χ3n) is 2.75. The molecule has 0 radical (unpaired) electrons. The maximum Gasteiger partial charge on any atom is 0.0343 e. The van der Waals surface area contributed by atoms with Crippen molar-refractivity contribution < 1.29 is 0 Å². The van der Waals surface area contributed by atoms with Gasteiger partial charge in [-0.3, -0.25) is 8.43 Å². The summed E-state index contributed by atoms with van der Waals surface area (Å²) >= 11 is 2.23. The summed E-state index contributed by atoms with van der Waals surface area (Å²) in [5.41, 5.74) is 0.495. The fourth-order valence-electron chi connectivity index (χ4n) is 1.47. The second kappa shape index (κ2) is 3.58. The third-order valence-corrected chi connectivity index (χ3v) is 3.13. The van der Waals surface area contributed by atoms with Crippen LogP contribution in [-0.4, -0.2) is 30.1 Å². The molecule has 0 unspecified atom stereocenters. The van der Waals surface area contributed by atoms with Gasteiger partial charge in [0.1, 0.15) is 0 Å². The van der Waals surface area contributed by atoms with Gasteiger partial charge in [-0.15, -0.1) is 0 Å². The number of nitrogens with one attached hydrogen (secondary N) is 1. The summed E-state index contributed by atoms with van der Waals surface area (Å²) < 4.78 is 3.23. The number of halogens is 1. The number of rotatable bonds is 4. The molecular formula is C8H17IN2. The molecule has 0 aromatic heterocycles. The maximum absolute atomic E-state index is 3.23. The zero-order chi connectivity index (χ0) is 8.48. The van der Waals surface area contributed by atoms with Crippen molar-refractivity contribution in [1.82, 2.24) is 8.43 Å². The molecule has 1 aliphatic rings. The van der Waals surface area contributed by atoms with Gasteiger partial charge in [0.15, 0.2) is 0 Å². The zero-order valence-corrected chi connectivity index (χ0v) is 9.68. The van der Waals surface area contributed by atoms with E-state index in [0.717, 1.165) is 6.54 Å². The Morgan fingerprint density at radius 3 is 2.36 bits per heavy atom. The van der Waals surface area contributed by atoms with Crippen LogP contribution in [0.2, 0.25) is 0 Å². The first-order valence-corrected chi connectivity index (χ1v) is 5.27. The van der Waals surface area contributed by atoms with Gasteiger partial charge in [-0.25, -0.2) is 0 Å². The highest BCUT2D eigenvalue weighted by Gasteiger charge is 2.46. The molecule has 0 aromatic carbocycles. The van der Waals surface area contributed by atoms with Crippen LogP contribution in [0.1, 0.15) is 26.7 Å². The van der Waals surface area contributed by atoms with Crippen LogP contribution in [0, 0.1) is 0 Å². The average Bonchev–Trinajstić information content (AvgIpc) is 2.69. The van der Waals surface area contributed by atoms with Crippen molar-refractivity contribution in [2.75, 3.05) is 13.6 Å². The van der Waals surface area contributed by atoms with E-state index in [4.69, 9.17) is 0 Å². The Morgan fingerprint density at radius 2 is 2.09 bits per heavy atom. The molecule has 0 heterocycles. The van der Waals surface area contributed by atoms with Crippen LogP contribution in [0.25, 0.3) is 0 Å². The molecule has 0 bridgehead atoms. The molecule has 1 saturated carbocycles. The average molecular weight is 268 g/mol. The van der Waals surface area contributed by atoms with Gasteiger partial charge in [-0.2, -0.15) is 0 Å². The van der Waals surface area contributed by atoms with E-state index in [0.29, 0.717) is 11.6 Å². The van der Waals surface area contributed by atoms with Gasteiger partial charge < -0.3 is 0 Å². The Bertz CT molecular complexity index is 132. The summed E-state index contributed by atoms with van der Waals surface area (Å²) in [5, 5.41) is 0. The molecule has 0 aromatic rings. The summed E-state index contributed by atoms with van der Waals surface area (Å²) in [4.78, 5) is 2.48. The standard InChI is InChI=1S/C8H17IN2/c1-7(2)11(3)8(4-5-8)6-10-9/h7,10H,4-6H2,1-3H3. The highest BCUT2D eigenvalue weighted by molar-refractivity contribution is 14.1. The van der Waals surface area contributed by atoms with E-state index in [1.165, 1.54) is 12.8 Å². The largest absolute Gasteiger partial charge is 0.297 e. The fourth-order valence-corrected chi connectivity index (χ4v) is 2.18. The smallest absolute Gasteiger partial charge is 0.0343 e. The van der Waals surface area contributed by atoms with E-state index in [2.05, 4.69) is 52.2 Å². The van der Waals surface area contributed by atoms with Crippen LogP contribution in [0.15, 0.2) is 0 Å². The lowest BCUT2D eigenvalue weighted by Crippen LogP contribution is -2.43. The van der Waals surface area contributed by atoms with Gasteiger partial charge in [-0.1, -0.05) is 0 Å². The van der Waals surface area contributed by atoms with Crippen LogP contribution in [0.4, 0.5) is 0 Å². The molecule has 0 aliphatic heterocycles. The number of nitrogens with zero attached hydrogens (tertiary/aromatic N) is 1. The Labute approximate surface area is 83.2 Å². The van der Waals surface area contributed by atoms with Gasteiger partial charge in [0.25, 0.3) is 0 Å². The van der Waals surface area contributed by atoms with E-state index < -0.39 is 0 Å². The summed E-state index contributed by atoms with van der Waals surface area (Å²) in [7, 11) is 2.23. The monoisotopic (exact) mass is 268 g/mol. The van der Waals surface area contributed by atoms with E-state index in [9.17, 15) is 0 Å². The molecule has 1 rings (SSSR count). The highest BCUT2D eigenvalue weighted by atomic mass is 127. The van der Waals surface area contributed by atoms with Crippen molar-refractivity contribution >= 4 is 22.9 Å². The summed E-state index contributed by atoms with van der Waals surface area (Å²) in [6.07, 6.45) is 2.72. The number of hydrogen-bond donors (Lipinski definition) is 1. The van der Waals surface area contributed by atoms with Crippen molar-refractivity contribution in [3.05, 3.63) is 0 Å². The Hall–Kier alpha value is 0.650. The van der Waals surface area contributed by atoms with Crippen LogP contribution in [-0.2, 0) is 0 Å². The lowest BCUT2D eigenvalue weighted by molar-refractivity contribution is 0.179. The first-order valence-electron chi connectivity index (χ1n) is 4.19. The summed E-state index contributed by atoms with van der Waals surface area (Å²) in [6.45, 7) is 5.64. The van der Waals surface area contributed by atoms with Gasteiger partial charge in [0.2, 0.25) is 0 Å². The SMILES string of the molecule is CC(C)N(C)C1(CNI)CC1. The lowest BCUT2D eigenvalue weighted by atomic mass is 10.2. The third kappa shape index (κ3) is 2.06. The molecule has 0 spiro atoms. The minimum Gasteiger partial charge on any atom is -0.297 e. The number of hydrogen-bond acceptors (Lipinski definition) is 2. The molecule has 1 aliphatic carbocycles. The molecular weight excluding hydrogens is 251 g/mol. The van der Waals surface area contributed by atoms with E-state index in [1.807, 2.05) is 0 Å². The van der Waals surface area contributed by atoms with E-state index in [1.54, 1.807) is 0 Å². The van der Waals surface area contributed by atoms with Crippen molar-refractivity contribution in [2.24, 2.45) is 0 Å². The second-order valence-corrected chi connectivity index (χ2v) is 4.50. The molecule has 0 saturated heterocycles. The molecule has 2 nitrogen and oxygen atoms in total. The number of likely N-dealkylation sites (N-methyl/N-ethyl adjacent to an activating group) is 1. The molecule has 0 amide bonds. The Kier molecular flexibility index (Phi) is 3.17. The molecule has 1 fully saturated rings. The van der Waals surface area contributed by atoms with Gasteiger partial charge in [0.05, 0.1) is 0 Å². The predicted molar refractivity (Wildman–Crippen MR) is 56.9 cm³/mol. The first kappa shape index (κ1) is 9.74. The van der Waals surface area contributed by atoms with Crippen molar-refractivity contribution in [1.29, 1.82) is 0 Å². The lowest BCUT2D eigenvalue weighted by Gasteiger charge is -2.31. The van der Waals surface area contributed by atoms with Gasteiger partial charge in [0, 0.05) is 41.0 Å².